The van der Waals surface area contributed by atoms with Gasteiger partial charge in [0.15, 0.2) is 0 Å². The third-order valence-electron chi connectivity index (χ3n) is 1.36. The minimum Gasteiger partial charge on any atom is -0.465 e. The fourth-order valence-corrected chi connectivity index (χ4v) is 0.690. The third kappa shape index (κ3) is 1.37. The molecule has 3 amide bonds. The van der Waals surface area contributed by atoms with Crippen LogP contribution in [-0.2, 0) is 0 Å². The minimum atomic E-state index is -1.29. The van der Waals surface area contributed by atoms with E-state index in [1.54, 1.807) is 5.32 Å². The molecule has 0 radical (unpaired) electrons. The molecule has 1 saturated heterocycles. The lowest BCUT2D eigenvalue weighted by Gasteiger charge is -2.29. The fraction of sp³-hybridized carbons (Fsp3) is 0.600. The first-order valence-corrected chi connectivity index (χ1v) is 2.99. The van der Waals surface area contributed by atoms with E-state index in [2.05, 4.69) is 0 Å². The van der Waals surface area contributed by atoms with Gasteiger partial charge in [-0.3, -0.25) is 0 Å². The molecule has 1 heterocycles. The Hall–Kier alpha value is -1.26. The molecule has 1 fully saturated rings. The lowest BCUT2D eigenvalue weighted by molar-refractivity contribution is 0.158. The SMILES string of the molecule is O=C(O)NC(=O)N1CCC1. The molecule has 0 aromatic heterocycles. The number of hydrogen-bond acceptors (Lipinski definition) is 2. The molecule has 0 saturated carbocycles. The molecule has 5 heteroatoms. The van der Waals surface area contributed by atoms with E-state index in [1.165, 1.54) is 4.90 Å². The van der Waals surface area contributed by atoms with Crippen LogP contribution in [0.15, 0.2) is 0 Å². The van der Waals surface area contributed by atoms with Crippen LogP contribution in [0.2, 0.25) is 0 Å². The molecule has 56 valence electrons. The molecule has 1 rings (SSSR count). The molecule has 0 aliphatic carbocycles. The highest BCUT2D eigenvalue weighted by molar-refractivity contribution is 5.90. The number of urea groups is 1. The third-order valence-corrected chi connectivity index (χ3v) is 1.36. The van der Waals surface area contributed by atoms with Gasteiger partial charge in [0.05, 0.1) is 0 Å². The predicted octanol–water partition coefficient (Wildman–Crippen LogP) is 0.0797. The topological polar surface area (TPSA) is 69.6 Å². The molecule has 0 unspecified atom stereocenters. The van der Waals surface area contributed by atoms with Crippen LogP contribution in [0, 0.1) is 0 Å². The van der Waals surface area contributed by atoms with Crippen molar-refractivity contribution in [3.8, 4) is 0 Å². The van der Waals surface area contributed by atoms with Crippen molar-refractivity contribution in [2.24, 2.45) is 0 Å². The number of carbonyl (C=O) groups excluding carboxylic acids is 1. The number of hydrogen-bond donors (Lipinski definition) is 2. The van der Waals surface area contributed by atoms with E-state index in [0.717, 1.165) is 6.42 Å². The highest BCUT2D eigenvalue weighted by atomic mass is 16.4. The number of rotatable bonds is 0. The van der Waals surface area contributed by atoms with Crippen molar-refractivity contribution in [3.05, 3.63) is 0 Å². The summed E-state index contributed by atoms with van der Waals surface area (Å²) in [5, 5.41) is 9.84. The summed E-state index contributed by atoms with van der Waals surface area (Å²) in [5.41, 5.74) is 0. The van der Waals surface area contributed by atoms with Crippen molar-refractivity contribution in [1.29, 1.82) is 0 Å². The second kappa shape index (κ2) is 2.55. The minimum absolute atomic E-state index is 0.515. The Morgan fingerprint density at radius 3 is 2.30 bits per heavy atom. The first-order valence-electron chi connectivity index (χ1n) is 2.99. The molecule has 2 N–H and O–H groups in total. The van der Waals surface area contributed by atoms with Gasteiger partial charge < -0.3 is 10.0 Å². The fourth-order valence-electron chi connectivity index (χ4n) is 0.690. The van der Waals surface area contributed by atoms with Gasteiger partial charge in [-0.15, -0.1) is 0 Å². The van der Waals surface area contributed by atoms with Gasteiger partial charge in [0.2, 0.25) is 0 Å². The zero-order chi connectivity index (χ0) is 7.56. The second-order valence-electron chi connectivity index (χ2n) is 2.08. The molecule has 5 nitrogen and oxygen atoms in total. The van der Waals surface area contributed by atoms with E-state index in [0.29, 0.717) is 13.1 Å². The summed E-state index contributed by atoms with van der Waals surface area (Å²) >= 11 is 0. The molecule has 0 atom stereocenters. The average Bonchev–Trinajstić information content (AvgIpc) is 1.55. The van der Waals surface area contributed by atoms with Crippen LogP contribution in [0.5, 0.6) is 0 Å². The van der Waals surface area contributed by atoms with Crippen LogP contribution < -0.4 is 5.32 Å². The lowest BCUT2D eigenvalue weighted by atomic mass is 10.2. The standard InChI is InChI=1S/C5H8N2O3/c8-4(6-5(9)10)7-2-1-3-7/h1-3H2,(H,6,8)(H,9,10). The van der Waals surface area contributed by atoms with Crippen molar-refractivity contribution >= 4 is 12.1 Å². The summed E-state index contributed by atoms with van der Waals surface area (Å²) in [7, 11) is 0. The summed E-state index contributed by atoms with van der Waals surface area (Å²) in [6, 6.07) is -0.515. The molecule has 0 bridgehead atoms. The Kier molecular flexibility index (Phi) is 1.75. The molecule has 1 aliphatic rings. The number of carboxylic acid groups (broad SMARTS) is 1. The van der Waals surface area contributed by atoms with Crippen LogP contribution >= 0.6 is 0 Å². The number of likely N-dealkylation sites (tertiary alicyclic amines) is 1. The molecule has 10 heavy (non-hydrogen) atoms. The smallest absolute Gasteiger partial charge is 0.412 e. The van der Waals surface area contributed by atoms with Gasteiger partial charge in [-0.25, -0.2) is 14.9 Å². The van der Waals surface area contributed by atoms with E-state index in [-0.39, 0.29) is 0 Å². The van der Waals surface area contributed by atoms with Gasteiger partial charge in [0.1, 0.15) is 0 Å². The Morgan fingerprint density at radius 1 is 1.40 bits per heavy atom. The number of nitrogens with zero attached hydrogens (tertiary/aromatic N) is 1. The Bertz CT molecular complexity index is 164. The van der Waals surface area contributed by atoms with Crippen LogP contribution in [0.1, 0.15) is 6.42 Å². The molecule has 0 aromatic carbocycles. The first-order chi connectivity index (χ1) is 4.70. The van der Waals surface area contributed by atoms with Gasteiger partial charge >= 0.3 is 12.1 Å². The van der Waals surface area contributed by atoms with E-state index < -0.39 is 12.1 Å². The summed E-state index contributed by atoms with van der Waals surface area (Å²) in [4.78, 5) is 22.0. The maximum atomic E-state index is 10.7. The number of carbonyl (C=O) groups is 2. The lowest BCUT2D eigenvalue weighted by Crippen LogP contribution is -2.49. The average molecular weight is 144 g/mol. The Balaban J connectivity index is 2.27. The monoisotopic (exact) mass is 144 g/mol. The highest BCUT2D eigenvalue weighted by Gasteiger charge is 2.20. The van der Waals surface area contributed by atoms with Crippen LogP contribution in [0.25, 0.3) is 0 Å². The summed E-state index contributed by atoms with van der Waals surface area (Å²) < 4.78 is 0. The maximum absolute atomic E-state index is 10.7. The Labute approximate surface area is 57.6 Å². The maximum Gasteiger partial charge on any atom is 0.412 e. The van der Waals surface area contributed by atoms with Crippen LogP contribution in [0.4, 0.5) is 9.59 Å². The van der Waals surface area contributed by atoms with Crippen molar-refractivity contribution in [1.82, 2.24) is 10.2 Å². The van der Waals surface area contributed by atoms with Gasteiger partial charge in [0.25, 0.3) is 0 Å². The molecular formula is C5H8N2O3. The van der Waals surface area contributed by atoms with Crippen molar-refractivity contribution in [3.63, 3.8) is 0 Å². The van der Waals surface area contributed by atoms with Gasteiger partial charge in [0, 0.05) is 13.1 Å². The van der Waals surface area contributed by atoms with E-state index in [4.69, 9.17) is 5.11 Å². The van der Waals surface area contributed by atoms with Gasteiger partial charge in [-0.2, -0.15) is 0 Å². The summed E-state index contributed by atoms with van der Waals surface area (Å²) in [6.07, 6.45) is -0.329. The quantitative estimate of drug-likeness (QED) is 0.505. The zero-order valence-corrected chi connectivity index (χ0v) is 5.33. The zero-order valence-electron chi connectivity index (χ0n) is 5.33. The van der Waals surface area contributed by atoms with E-state index in [9.17, 15) is 9.59 Å². The summed E-state index contributed by atoms with van der Waals surface area (Å²) in [6.45, 7) is 1.33. The molecule has 1 aliphatic heterocycles. The van der Waals surface area contributed by atoms with Crippen LogP contribution in [0.3, 0.4) is 0 Å². The number of nitrogens with one attached hydrogen (secondary N) is 1. The van der Waals surface area contributed by atoms with Crippen molar-refractivity contribution in [2.75, 3.05) is 13.1 Å². The predicted molar refractivity (Wildman–Crippen MR) is 32.7 cm³/mol. The van der Waals surface area contributed by atoms with Gasteiger partial charge in [-0.05, 0) is 6.42 Å². The van der Waals surface area contributed by atoms with Crippen LogP contribution in [-0.4, -0.2) is 35.2 Å². The van der Waals surface area contributed by atoms with Crippen molar-refractivity contribution < 1.29 is 14.7 Å². The highest BCUT2D eigenvalue weighted by Crippen LogP contribution is 2.04. The number of amides is 3. The first kappa shape index (κ1) is 6.85. The second-order valence-corrected chi connectivity index (χ2v) is 2.08. The molecule has 0 aromatic rings. The van der Waals surface area contributed by atoms with Gasteiger partial charge in [-0.1, -0.05) is 0 Å². The normalized spacial score (nSPS) is 15.8. The molecule has 0 spiro atoms. The molecular weight excluding hydrogens is 136 g/mol. The van der Waals surface area contributed by atoms with Crippen molar-refractivity contribution in [2.45, 2.75) is 6.42 Å². The summed E-state index contributed by atoms with van der Waals surface area (Å²) in [5.74, 6) is 0. The van der Waals surface area contributed by atoms with E-state index >= 15 is 0 Å². The van der Waals surface area contributed by atoms with E-state index in [1.807, 2.05) is 0 Å². The number of imide groups is 1. The largest absolute Gasteiger partial charge is 0.465 e. The Morgan fingerprint density at radius 2 is 2.00 bits per heavy atom.